The van der Waals surface area contributed by atoms with Gasteiger partial charge < -0.3 is 9.47 Å². The number of carbonyl (C=O) groups is 1. The van der Waals surface area contributed by atoms with E-state index in [4.69, 9.17) is 27.9 Å². The van der Waals surface area contributed by atoms with E-state index in [-0.39, 0.29) is 32.9 Å². The highest BCUT2D eigenvalue weighted by atomic mass is 35.5. The highest BCUT2D eigenvalue weighted by Crippen LogP contribution is 2.33. The van der Waals surface area contributed by atoms with Gasteiger partial charge in [-0.1, -0.05) is 23.2 Å². The predicted molar refractivity (Wildman–Crippen MR) is 75.3 cm³/mol. The molecule has 5 nitrogen and oxygen atoms in total. The maximum Gasteiger partial charge on any atom is 0.358 e. The van der Waals surface area contributed by atoms with Gasteiger partial charge in [-0.2, -0.15) is 0 Å². The van der Waals surface area contributed by atoms with Crippen molar-refractivity contribution in [3.63, 3.8) is 0 Å². The van der Waals surface area contributed by atoms with Crippen LogP contribution in [-0.2, 0) is 4.74 Å². The lowest BCUT2D eigenvalue weighted by Crippen LogP contribution is -2.07. The Morgan fingerprint density at radius 3 is 2.57 bits per heavy atom. The van der Waals surface area contributed by atoms with Crippen molar-refractivity contribution in [1.82, 2.24) is 9.97 Å². The molecule has 2 rings (SSSR count). The van der Waals surface area contributed by atoms with Crippen LogP contribution in [0.1, 0.15) is 10.5 Å². The first-order valence-corrected chi connectivity index (χ1v) is 6.38. The molecule has 0 N–H and O–H groups in total. The van der Waals surface area contributed by atoms with Gasteiger partial charge >= 0.3 is 5.97 Å². The summed E-state index contributed by atoms with van der Waals surface area (Å²) in [5, 5.41) is 0.118. The van der Waals surface area contributed by atoms with E-state index in [1.54, 1.807) is 0 Å². The summed E-state index contributed by atoms with van der Waals surface area (Å²) in [5.74, 6) is -1.65. The maximum atomic E-state index is 14.3. The van der Waals surface area contributed by atoms with Gasteiger partial charge in [0.15, 0.2) is 23.1 Å². The highest BCUT2D eigenvalue weighted by molar-refractivity contribution is 6.33. The second kappa shape index (κ2) is 6.24. The summed E-state index contributed by atoms with van der Waals surface area (Å²) in [7, 11) is 2.48. The Hall–Kier alpha value is -1.92. The Balaban J connectivity index is 2.60. The fourth-order valence-electron chi connectivity index (χ4n) is 1.63. The van der Waals surface area contributed by atoms with Gasteiger partial charge in [-0.25, -0.2) is 19.2 Å². The molecule has 0 aliphatic rings. The first-order valence-electron chi connectivity index (χ1n) is 5.62. The molecule has 0 atom stereocenters. The van der Waals surface area contributed by atoms with Crippen LogP contribution in [0.4, 0.5) is 4.39 Å². The largest absolute Gasteiger partial charge is 0.492 e. The van der Waals surface area contributed by atoms with Crippen LogP contribution < -0.4 is 4.74 Å². The molecular weight excluding hydrogens is 322 g/mol. The molecule has 2 aromatic rings. The van der Waals surface area contributed by atoms with Crippen LogP contribution in [0, 0.1) is 5.82 Å². The molecule has 0 saturated heterocycles. The van der Waals surface area contributed by atoms with E-state index >= 15 is 0 Å². The molecular formula is C13H9Cl2FN2O3. The zero-order valence-corrected chi connectivity index (χ0v) is 12.5. The van der Waals surface area contributed by atoms with Crippen molar-refractivity contribution in [3.05, 3.63) is 39.9 Å². The van der Waals surface area contributed by atoms with Crippen LogP contribution in [0.5, 0.6) is 5.75 Å². The minimum atomic E-state index is -0.745. The number of nitrogens with zero attached hydrogens (tertiary/aromatic N) is 2. The maximum absolute atomic E-state index is 14.3. The van der Waals surface area contributed by atoms with Gasteiger partial charge in [0.25, 0.3) is 0 Å². The highest BCUT2D eigenvalue weighted by Gasteiger charge is 2.20. The summed E-state index contributed by atoms with van der Waals surface area (Å²) in [5.41, 5.74) is -0.129. The van der Waals surface area contributed by atoms with Crippen LogP contribution in [0.2, 0.25) is 10.0 Å². The summed E-state index contributed by atoms with van der Waals surface area (Å²) in [6, 6.07) is 2.82. The molecule has 21 heavy (non-hydrogen) atoms. The predicted octanol–water partition coefficient (Wildman–Crippen LogP) is 3.38. The number of aromatic nitrogens is 2. The number of rotatable bonds is 3. The molecule has 1 aromatic carbocycles. The summed E-state index contributed by atoms with van der Waals surface area (Å²) in [4.78, 5) is 19.4. The molecule has 0 aliphatic heterocycles. The Labute approximate surface area is 129 Å². The summed E-state index contributed by atoms with van der Waals surface area (Å²) in [6.07, 6.45) is 1.19. The molecule has 0 bridgehead atoms. The van der Waals surface area contributed by atoms with Crippen LogP contribution in [0.3, 0.4) is 0 Å². The van der Waals surface area contributed by atoms with E-state index in [1.807, 2.05) is 0 Å². The van der Waals surface area contributed by atoms with Crippen molar-refractivity contribution in [1.29, 1.82) is 0 Å². The van der Waals surface area contributed by atoms with E-state index < -0.39 is 11.8 Å². The van der Waals surface area contributed by atoms with Gasteiger partial charge in [-0.15, -0.1) is 0 Å². The lowest BCUT2D eigenvalue weighted by Gasteiger charge is -2.09. The van der Waals surface area contributed by atoms with Crippen molar-refractivity contribution in [2.24, 2.45) is 0 Å². The smallest absolute Gasteiger partial charge is 0.358 e. The first-order chi connectivity index (χ1) is 9.99. The van der Waals surface area contributed by atoms with Gasteiger partial charge in [-0.05, 0) is 12.1 Å². The molecule has 0 spiro atoms. The fourth-order valence-corrected chi connectivity index (χ4v) is 2.02. The van der Waals surface area contributed by atoms with E-state index in [0.29, 0.717) is 0 Å². The Morgan fingerprint density at radius 1 is 1.24 bits per heavy atom. The number of benzene rings is 1. The van der Waals surface area contributed by atoms with E-state index in [2.05, 4.69) is 14.7 Å². The Morgan fingerprint density at radius 2 is 1.95 bits per heavy atom. The summed E-state index contributed by atoms with van der Waals surface area (Å²) in [6.45, 7) is 0. The second-order valence-corrected chi connectivity index (χ2v) is 4.64. The number of esters is 1. The average molecular weight is 331 g/mol. The van der Waals surface area contributed by atoms with Crippen LogP contribution >= 0.6 is 23.2 Å². The number of hydrogen-bond acceptors (Lipinski definition) is 5. The van der Waals surface area contributed by atoms with Gasteiger partial charge in [0.1, 0.15) is 0 Å². The number of hydrogen-bond donors (Lipinski definition) is 0. The third-order valence-electron chi connectivity index (χ3n) is 2.62. The van der Waals surface area contributed by atoms with E-state index in [1.165, 1.54) is 32.5 Å². The summed E-state index contributed by atoms with van der Waals surface area (Å²) < 4.78 is 23.7. The molecule has 0 aliphatic carbocycles. The molecule has 110 valence electrons. The van der Waals surface area contributed by atoms with Gasteiger partial charge in [0.05, 0.1) is 36.0 Å². The Kier molecular flexibility index (Phi) is 4.59. The molecule has 1 heterocycles. The van der Waals surface area contributed by atoms with Crippen molar-refractivity contribution in [2.75, 3.05) is 14.2 Å². The molecule has 0 saturated carbocycles. The SMILES string of the molecule is COC(=O)c1nc(-c2ccc(Cl)c(OC)c2F)ncc1Cl. The third-order valence-corrected chi connectivity index (χ3v) is 3.19. The number of carbonyl (C=O) groups excluding carboxylic acids is 1. The molecule has 0 amide bonds. The Bertz CT molecular complexity index is 710. The monoisotopic (exact) mass is 330 g/mol. The average Bonchev–Trinajstić information content (AvgIpc) is 2.48. The number of methoxy groups -OCH3 is 2. The lowest BCUT2D eigenvalue weighted by atomic mass is 10.1. The first kappa shape index (κ1) is 15.5. The quantitative estimate of drug-likeness (QED) is 0.807. The van der Waals surface area contributed by atoms with E-state index in [9.17, 15) is 9.18 Å². The van der Waals surface area contributed by atoms with Crippen molar-refractivity contribution < 1.29 is 18.7 Å². The lowest BCUT2D eigenvalue weighted by molar-refractivity contribution is 0.0594. The zero-order valence-electron chi connectivity index (χ0n) is 11.0. The van der Waals surface area contributed by atoms with Gasteiger partial charge in [0.2, 0.25) is 0 Å². The van der Waals surface area contributed by atoms with Crippen molar-refractivity contribution >= 4 is 29.2 Å². The van der Waals surface area contributed by atoms with Crippen LogP contribution in [0.25, 0.3) is 11.4 Å². The van der Waals surface area contributed by atoms with Crippen molar-refractivity contribution in [2.45, 2.75) is 0 Å². The normalized spacial score (nSPS) is 10.3. The van der Waals surface area contributed by atoms with Gasteiger partial charge in [0, 0.05) is 0 Å². The van der Waals surface area contributed by atoms with Crippen LogP contribution in [-0.4, -0.2) is 30.2 Å². The van der Waals surface area contributed by atoms with Crippen molar-refractivity contribution in [3.8, 4) is 17.1 Å². The summed E-state index contributed by atoms with van der Waals surface area (Å²) >= 11 is 11.6. The molecule has 0 fully saturated rings. The fraction of sp³-hybridized carbons (Fsp3) is 0.154. The van der Waals surface area contributed by atoms with E-state index in [0.717, 1.165) is 0 Å². The van der Waals surface area contributed by atoms with Gasteiger partial charge in [-0.3, -0.25) is 0 Å². The number of ether oxygens (including phenoxy) is 2. The minimum Gasteiger partial charge on any atom is -0.492 e. The second-order valence-electron chi connectivity index (χ2n) is 3.82. The topological polar surface area (TPSA) is 61.3 Å². The minimum absolute atomic E-state index is 0.00642. The standard InChI is InChI=1S/C13H9Cl2FN2O3/c1-20-11-7(14)4-3-6(9(11)16)12-17-5-8(15)10(18-12)13(19)21-2/h3-5H,1-2H3. The molecule has 0 radical (unpaired) electrons. The molecule has 0 unspecified atom stereocenters. The van der Waals surface area contributed by atoms with Crippen LogP contribution in [0.15, 0.2) is 18.3 Å². The third kappa shape index (κ3) is 2.91. The zero-order chi connectivity index (χ0) is 15.6. The number of halogens is 3. The molecule has 1 aromatic heterocycles. The molecule has 8 heteroatoms.